The van der Waals surface area contributed by atoms with E-state index in [1.54, 1.807) is 0 Å². The summed E-state index contributed by atoms with van der Waals surface area (Å²) in [7, 11) is 1.93. The molecule has 1 heterocycles. The highest BCUT2D eigenvalue weighted by atomic mass is 79.9. The second-order valence-electron chi connectivity index (χ2n) is 4.91. The number of aryl methyl sites for hydroxylation is 1. The van der Waals surface area contributed by atoms with Crippen molar-refractivity contribution in [3.63, 3.8) is 0 Å². The van der Waals surface area contributed by atoms with Crippen molar-refractivity contribution < 1.29 is 4.79 Å². The number of carbonyl (C=O) groups is 1. The zero-order valence-corrected chi connectivity index (χ0v) is 13.0. The summed E-state index contributed by atoms with van der Waals surface area (Å²) in [5.41, 5.74) is 2.41. The van der Waals surface area contributed by atoms with Crippen molar-refractivity contribution >= 4 is 22.0 Å². The molecule has 1 atom stereocenters. The van der Waals surface area contributed by atoms with Gasteiger partial charge in [0.2, 0.25) is 0 Å². The molecular weight excluding hydrogens is 306 g/mol. The molecule has 1 aliphatic rings. The van der Waals surface area contributed by atoms with Crippen molar-refractivity contribution in [2.24, 2.45) is 0 Å². The van der Waals surface area contributed by atoms with Crippen LogP contribution in [0.1, 0.15) is 23.6 Å². The van der Waals surface area contributed by atoms with E-state index in [9.17, 15) is 4.79 Å². The minimum atomic E-state index is 0.0421. The van der Waals surface area contributed by atoms with Crippen LogP contribution in [0.15, 0.2) is 22.7 Å². The summed E-state index contributed by atoms with van der Waals surface area (Å²) in [6.45, 7) is 4.57. The molecule has 1 saturated heterocycles. The maximum Gasteiger partial charge on any atom is 0.318 e. The van der Waals surface area contributed by atoms with Crippen LogP contribution in [-0.2, 0) is 0 Å². The number of carbonyl (C=O) groups excluding carboxylic acids is 1. The zero-order chi connectivity index (χ0) is 13.8. The molecule has 1 unspecified atom stereocenters. The van der Waals surface area contributed by atoms with Gasteiger partial charge in [0, 0.05) is 17.6 Å². The lowest BCUT2D eigenvalue weighted by molar-refractivity contribution is 0.217. The van der Waals surface area contributed by atoms with E-state index in [-0.39, 0.29) is 12.1 Å². The first-order valence-corrected chi connectivity index (χ1v) is 7.37. The van der Waals surface area contributed by atoms with Gasteiger partial charge < -0.3 is 15.5 Å². The van der Waals surface area contributed by atoms with E-state index in [4.69, 9.17) is 0 Å². The van der Waals surface area contributed by atoms with Gasteiger partial charge >= 0.3 is 6.03 Å². The monoisotopic (exact) mass is 325 g/mol. The van der Waals surface area contributed by atoms with E-state index >= 15 is 0 Å². The lowest BCUT2D eigenvalue weighted by Gasteiger charge is -2.15. The molecule has 0 spiro atoms. The van der Waals surface area contributed by atoms with Gasteiger partial charge in [0.25, 0.3) is 0 Å². The van der Waals surface area contributed by atoms with Crippen LogP contribution in [-0.4, -0.2) is 37.6 Å². The van der Waals surface area contributed by atoms with Crippen LogP contribution < -0.4 is 10.6 Å². The van der Waals surface area contributed by atoms with Crippen LogP contribution in [0.25, 0.3) is 0 Å². The van der Waals surface area contributed by atoms with Gasteiger partial charge in [-0.1, -0.05) is 22.0 Å². The van der Waals surface area contributed by atoms with Gasteiger partial charge in [-0.25, -0.2) is 4.79 Å². The number of amides is 2. The van der Waals surface area contributed by atoms with E-state index < -0.39 is 0 Å². The molecule has 1 fully saturated rings. The third-order valence-electron chi connectivity index (χ3n) is 3.46. The second-order valence-corrected chi connectivity index (χ2v) is 5.82. The largest absolute Gasteiger partial charge is 0.329 e. The summed E-state index contributed by atoms with van der Waals surface area (Å²) < 4.78 is 1.05. The average molecular weight is 326 g/mol. The second kappa shape index (κ2) is 6.39. The zero-order valence-electron chi connectivity index (χ0n) is 11.4. The fraction of sp³-hybridized carbons (Fsp3) is 0.500. The van der Waals surface area contributed by atoms with Crippen molar-refractivity contribution in [1.29, 1.82) is 0 Å². The van der Waals surface area contributed by atoms with Crippen LogP contribution in [0.2, 0.25) is 0 Å². The van der Waals surface area contributed by atoms with Gasteiger partial charge in [0.15, 0.2) is 0 Å². The Balaban J connectivity index is 2.03. The Morgan fingerprint density at radius 1 is 1.53 bits per heavy atom. The Hall–Kier alpha value is -1.07. The third-order valence-corrected chi connectivity index (χ3v) is 3.95. The van der Waals surface area contributed by atoms with E-state index in [1.165, 1.54) is 11.1 Å². The number of nitrogens with one attached hydrogen (secondary N) is 2. The van der Waals surface area contributed by atoms with E-state index in [0.717, 1.165) is 30.5 Å². The minimum absolute atomic E-state index is 0.0421. The molecule has 0 saturated carbocycles. The summed E-state index contributed by atoms with van der Waals surface area (Å²) in [4.78, 5) is 13.8. The highest BCUT2D eigenvalue weighted by Gasteiger charge is 2.29. The van der Waals surface area contributed by atoms with Crippen LogP contribution in [0, 0.1) is 6.92 Å². The van der Waals surface area contributed by atoms with Crippen molar-refractivity contribution in [1.82, 2.24) is 15.5 Å². The molecule has 2 amide bonds. The van der Waals surface area contributed by atoms with Gasteiger partial charge in [-0.05, 0) is 50.2 Å². The van der Waals surface area contributed by atoms with Crippen LogP contribution in [0.3, 0.4) is 0 Å². The molecule has 0 aliphatic carbocycles. The van der Waals surface area contributed by atoms with Gasteiger partial charge in [0.1, 0.15) is 0 Å². The van der Waals surface area contributed by atoms with Crippen molar-refractivity contribution in [2.45, 2.75) is 19.4 Å². The van der Waals surface area contributed by atoms with Gasteiger partial charge in [-0.2, -0.15) is 0 Å². The summed E-state index contributed by atoms with van der Waals surface area (Å²) in [5.74, 6) is 0. The summed E-state index contributed by atoms with van der Waals surface area (Å²) in [6.07, 6.45) is 0.980. The summed E-state index contributed by atoms with van der Waals surface area (Å²) in [5, 5.41) is 6.16. The molecular formula is C14H20BrN3O. The molecule has 19 heavy (non-hydrogen) atoms. The molecule has 5 heteroatoms. The van der Waals surface area contributed by atoms with E-state index in [1.807, 2.05) is 18.0 Å². The Labute approximate surface area is 122 Å². The minimum Gasteiger partial charge on any atom is -0.329 e. The molecule has 0 radical (unpaired) electrons. The summed E-state index contributed by atoms with van der Waals surface area (Å²) >= 11 is 3.49. The number of nitrogens with zero attached hydrogens (tertiary/aromatic N) is 1. The van der Waals surface area contributed by atoms with Gasteiger partial charge in [0.05, 0.1) is 6.04 Å². The molecule has 4 nitrogen and oxygen atoms in total. The Morgan fingerprint density at radius 3 is 3.05 bits per heavy atom. The first-order valence-electron chi connectivity index (χ1n) is 6.58. The standard InChI is InChI=1S/C14H20BrN3O/c1-10-4-5-11(15)8-12(10)13-9-18(14(19)17-13)7-3-6-16-2/h4-5,8,13,16H,3,6-7,9H2,1-2H3,(H,17,19). The fourth-order valence-corrected chi connectivity index (χ4v) is 2.77. The molecule has 2 N–H and O–H groups in total. The molecule has 1 aromatic rings. The maximum absolute atomic E-state index is 11.9. The quantitative estimate of drug-likeness (QED) is 0.817. The fourth-order valence-electron chi connectivity index (χ4n) is 2.39. The molecule has 0 aromatic heterocycles. The predicted molar refractivity (Wildman–Crippen MR) is 80.3 cm³/mol. The van der Waals surface area contributed by atoms with Crippen molar-refractivity contribution in [3.05, 3.63) is 33.8 Å². The number of benzene rings is 1. The Bertz CT molecular complexity index is 464. The molecule has 104 valence electrons. The summed E-state index contributed by atoms with van der Waals surface area (Å²) in [6, 6.07) is 6.34. The first kappa shape index (κ1) is 14.3. The predicted octanol–water partition coefficient (Wildman–Crippen LogP) is 2.43. The molecule has 1 aromatic carbocycles. The highest BCUT2D eigenvalue weighted by Crippen LogP contribution is 2.26. The normalized spacial score (nSPS) is 18.8. The van der Waals surface area contributed by atoms with Crippen LogP contribution >= 0.6 is 15.9 Å². The molecule has 1 aliphatic heterocycles. The average Bonchev–Trinajstić information content (AvgIpc) is 2.74. The van der Waals surface area contributed by atoms with Crippen molar-refractivity contribution in [2.75, 3.05) is 26.7 Å². The topological polar surface area (TPSA) is 44.4 Å². The molecule has 0 bridgehead atoms. The number of urea groups is 1. The van der Waals surface area contributed by atoms with E-state index in [2.05, 4.69) is 45.6 Å². The lowest BCUT2D eigenvalue weighted by Crippen LogP contribution is -2.30. The number of hydrogen-bond donors (Lipinski definition) is 2. The van der Waals surface area contributed by atoms with Crippen LogP contribution in [0.4, 0.5) is 4.79 Å². The SMILES string of the molecule is CNCCCN1CC(c2cc(Br)ccc2C)NC1=O. The number of halogens is 1. The molecule has 2 rings (SSSR count). The number of hydrogen-bond acceptors (Lipinski definition) is 2. The highest BCUT2D eigenvalue weighted by molar-refractivity contribution is 9.10. The number of rotatable bonds is 5. The Morgan fingerprint density at radius 2 is 2.32 bits per heavy atom. The van der Waals surface area contributed by atoms with Crippen molar-refractivity contribution in [3.8, 4) is 0 Å². The van der Waals surface area contributed by atoms with Crippen LogP contribution in [0.5, 0.6) is 0 Å². The van der Waals surface area contributed by atoms with Gasteiger partial charge in [-0.15, -0.1) is 0 Å². The maximum atomic E-state index is 11.9. The lowest BCUT2D eigenvalue weighted by atomic mass is 10.0. The smallest absolute Gasteiger partial charge is 0.318 e. The van der Waals surface area contributed by atoms with Gasteiger partial charge in [-0.3, -0.25) is 0 Å². The third kappa shape index (κ3) is 3.48. The Kier molecular flexibility index (Phi) is 4.82. The first-order chi connectivity index (χ1) is 9.11. The van der Waals surface area contributed by atoms with E-state index in [0.29, 0.717) is 0 Å².